The van der Waals surface area contributed by atoms with Crippen molar-refractivity contribution in [2.75, 3.05) is 6.54 Å². The summed E-state index contributed by atoms with van der Waals surface area (Å²) in [5.41, 5.74) is 5.58. The van der Waals surface area contributed by atoms with Gasteiger partial charge in [-0.1, -0.05) is 40.5 Å². The average molecular weight is 256 g/mol. The number of carbonyl (C=O) groups is 1. The van der Waals surface area contributed by atoms with Crippen molar-refractivity contribution < 1.29 is 4.79 Å². The molecule has 3 heteroatoms. The van der Waals surface area contributed by atoms with Gasteiger partial charge in [0.05, 0.1) is 0 Å². The highest BCUT2D eigenvalue weighted by molar-refractivity contribution is 5.79. The Labute approximate surface area is 113 Å². The number of hydrogen-bond donors (Lipinski definition) is 2. The topological polar surface area (TPSA) is 55.1 Å². The van der Waals surface area contributed by atoms with Crippen LogP contribution in [0.4, 0.5) is 0 Å². The highest BCUT2D eigenvalue weighted by atomic mass is 16.2. The number of carbonyl (C=O) groups excluding carboxylic acids is 1. The van der Waals surface area contributed by atoms with Crippen LogP contribution in [-0.2, 0) is 4.79 Å². The molecule has 108 valence electrons. The molecule has 18 heavy (non-hydrogen) atoms. The summed E-state index contributed by atoms with van der Waals surface area (Å²) in [5.74, 6) is 0.875. The molecule has 0 aliphatic heterocycles. The maximum absolute atomic E-state index is 12.3. The monoisotopic (exact) mass is 256 g/mol. The van der Waals surface area contributed by atoms with Crippen LogP contribution in [0.1, 0.15) is 66.7 Å². The van der Waals surface area contributed by atoms with Crippen molar-refractivity contribution in [3.05, 3.63) is 0 Å². The van der Waals surface area contributed by atoms with E-state index in [0.29, 0.717) is 12.5 Å². The minimum Gasteiger partial charge on any atom is -0.349 e. The molecule has 0 saturated carbocycles. The largest absolute Gasteiger partial charge is 0.349 e. The third-order valence-corrected chi connectivity index (χ3v) is 3.38. The van der Waals surface area contributed by atoms with E-state index < -0.39 is 0 Å². The molecule has 3 nitrogen and oxygen atoms in total. The summed E-state index contributed by atoms with van der Waals surface area (Å²) in [7, 11) is 0. The molecule has 0 rings (SSSR count). The molecule has 0 aromatic heterocycles. The van der Waals surface area contributed by atoms with Crippen molar-refractivity contribution in [2.45, 2.75) is 72.3 Å². The summed E-state index contributed by atoms with van der Waals surface area (Å²) < 4.78 is 0. The average Bonchev–Trinajstić information content (AvgIpc) is 2.27. The minimum absolute atomic E-state index is 0.151. The van der Waals surface area contributed by atoms with E-state index in [1.807, 2.05) is 0 Å². The van der Waals surface area contributed by atoms with Crippen molar-refractivity contribution in [2.24, 2.45) is 17.6 Å². The van der Waals surface area contributed by atoms with E-state index in [0.717, 1.165) is 32.1 Å². The van der Waals surface area contributed by atoms with Crippen LogP contribution in [0.25, 0.3) is 0 Å². The molecule has 0 aliphatic carbocycles. The lowest BCUT2D eigenvalue weighted by Crippen LogP contribution is -2.53. The molecule has 1 amide bonds. The summed E-state index contributed by atoms with van der Waals surface area (Å²) >= 11 is 0. The van der Waals surface area contributed by atoms with Gasteiger partial charge < -0.3 is 11.1 Å². The van der Waals surface area contributed by atoms with Gasteiger partial charge in [-0.3, -0.25) is 4.79 Å². The van der Waals surface area contributed by atoms with E-state index in [4.69, 9.17) is 5.73 Å². The fourth-order valence-electron chi connectivity index (χ4n) is 2.59. The number of nitrogens with two attached hydrogens (primary N) is 1. The highest BCUT2D eigenvalue weighted by Crippen LogP contribution is 2.19. The number of amides is 1. The lowest BCUT2D eigenvalue weighted by Gasteiger charge is -2.33. The Morgan fingerprint density at radius 3 is 2.06 bits per heavy atom. The second-order valence-electron chi connectivity index (χ2n) is 6.13. The van der Waals surface area contributed by atoms with E-state index in [1.165, 1.54) is 0 Å². The normalized spacial score (nSPS) is 14.9. The lowest BCUT2D eigenvalue weighted by atomic mass is 9.89. The molecule has 0 aliphatic rings. The van der Waals surface area contributed by atoms with Crippen LogP contribution < -0.4 is 11.1 Å². The van der Waals surface area contributed by atoms with Crippen molar-refractivity contribution >= 4 is 5.91 Å². The minimum atomic E-state index is -0.259. The molecule has 0 radical (unpaired) electrons. The molecular formula is C15H32N2O. The Hall–Kier alpha value is -0.570. The summed E-state index contributed by atoms with van der Waals surface area (Å²) in [6, 6.07) is 0. The standard InChI is InChI=1S/C15H32N2O/c1-6-8-13(9-7-2)14(18)17-15(5,11-16)10-12(3)4/h12-13H,6-11,16H2,1-5H3,(H,17,18). The van der Waals surface area contributed by atoms with Gasteiger partial charge in [-0.15, -0.1) is 0 Å². The van der Waals surface area contributed by atoms with Crippen molar-refractivity contribution in [1.82, 2.24) is 5.32 Å². The van der Waals surface area contributed by atoms with E-state index in [1.54, 1.807) is 0 Å². The maximum atomic E-state index is 12.3. The summed E-state index contributed by atoms with van der Waals surface area (Å²) in [5, 5.41) is 3.18. The first-order valence-corrected chi connectivity index (χ1v) is 7.40. The van der Waals surface area contributed by atoms with Gasteiger partial charge in [-0.25, -0.2) is 0 Å². The molecule has 0 saturated heterocycles. The van der Waals surface area contributed by atoms with Crippen LogP contribution >= 0.6 is 0 Å². The molecule has 1 unspecified atom stereocenters. The predicted molar refractivity (Wildman–Crippen MR) is 78.4 cm³/mol. The lowest BCUT2D eigenvalue weighted by molar-refractivity contribution is -0.127. The van der Waals surface area contributed by atoms with Gasteiger partial charge in [0.1, 0.15) is 0 Å². The number of hydrogen-bond acceptors (Lipinski definition) is 2. The molecule has 0 heterocycles. The highest BCUT2D eigenvalue weighted by Gasteiger charge is 2.28. The first-order chi connectivity index (χ1) is 8.38. The Balaban J connectivity index is 4.55. The number of rotatable bonds is 9. The van der Waals surface area contributed by atoms with Crippen LogP contribution in [-0.4, -0.2) is 18.0 Å². The first-order valence-electron chi connectivity index (χ1n) is 7.40. The maximum Gasteiger partial charge on any atom is 0.223 e. The van der Waals surface area contributed by atoms with Crippen LogP contribution in [0.15, 0.2) is 0 Å². The Morgan fingerprint density at radius 2 is 1.72 bits per heavy atom. The van der Waals surface area contributed by atoms with E-state index >= 15 is 0 Å². The quantitative estimate of drug-likeness (QED) is 0.666. The Kier molecular flexibility index (Phi) is 8.25. The Morgan fingerprint density at radius 1 is 1.22 bits per heavy atom. The molecule has 3 N–H and O–H groups in total. The zero-order valence-corrected chi connectivity index (χ0v) is 12.9. The first kappa shape index (κ1) is 17.4. The number of nitrogens with one attached hydrogen (secondary N) is 1. The molecule has 0 bridgehead atoms. The predicted octanol–water partition coefficient (Wildman–Crippen LogP) is 3.08. The molecule has 0 aromatic carbocycles. The third-order valence-electron chi connectivity index (χ3n) is 3.38. The van der Waals surface area contributed by atoms with Gasteiger partial charge in [-0.05, 0) is 32.1 Å². The van der Waals surface area contributed by atoms with Crippen LogP contribution in [0.3, 0.4) is 0 Å². The van der Waals surface area contributed by atoms with Gasteiger partial charge in [0, 0.05) is 18.0 Å². The van der Waals surface area contributed by atoms with Gasteiger partial charge in [-0.2, -0.15) is 0 Å². The fourth-order valence-corrected chi connectivity index (χ4v) is 2.59. The second kappa shape index (κ2) is 8.52. The van der Waals surface area contributed by atoms with E-state index in [9.17, 15) is 4.79 Å². The second-order valence-corrected chi connectivity index (χ2v) is 6.13. The van der Waals surface area contributed by atoms with E-state index in [-0.39, 0.29) is 17.4 Å². The molecule has 1 atom stereocenters. The summed E-state index contributed by atoms with van der Waals surface area (Å²) in [6.45, 7) is 11.1. The smallest absolute Gasteiger partial charge is 0.223 e. The van der Waals surface area contributed by atoms with Gasteiger partial charge in [0.25, 0.3) is 0 Å². The fraction of sp³-hybridized carbons (Fsp3) is 0.933. The molecule has 0 aromatic rings. The summed E-state index contributed by atoms with van der Waals surface area (Å²) in [4.78, 5) is 12.3. The van der Waals surface area contributed by atoms with Crippen molar-refractivity contribution in [1.29, 1.82) is 0 Å². The van der Waals surface area contributed by atoms with Gasteiger partial charge in [0.15, 0.2) is 0 Å². The molecule has 0 fully saturated rings. The van der Waals surface area contributed by atoms with Crippen LogP contribution in [0, 0.1) is 11.8 Å². The SMILES string of the molecule is CCCC(CCC)C(=O)NC(C)(CN)CC(C)C. The third kappa shape index (κ3) is 6.39. The Bertz CT molecular complexity index is 235. The van der Waals surface area contributed by atoms with Crippen LogP contribution in [0.5, 0.6) is 0 Å². The zero-order chi connectivity index (χ0) is 14.2. The molecular weight excluding hydrogens is 224 g/mol. The van der Waals surface area contributed by atoms with Crippen molar-refractivity contribution in [3.8, 4) is 0 Å². The summed E-state index contributed by atoms with van der Waals surface area (Å²) in [6.07, 6.45) is 4.99. The van der Waals surface area contributed by atoms with Gasteiger partial charge in [0.2, 0.25) is 5.91 Å². The van der Waals surface area contributed by atoms with Crippen LogP contribution in [0.2, 0.25) is 0 Å². The van der Waals surface area contributed by atoms with Crippen molar-refractivity contribution in [3.63, 3.8) is 0 Å². The molecule has 0 spiro atoms. The zero-order valence-electron chi connectivity index (χ0n) is 12.9. The van der Waals surface area contributed by atoms with Gasteiger partial charge >= 0.3 is 0 Å². The van der Waals surface area contributed by atoms with E-state index in [2.05, 4.69) is 39.9 Å².